The number of pyridine rings is 1. The zero-order chi connectivity index (χ0) is 21.0. The van der Waals surface area contributed by atoms with Gasteiger partial charge in [0.15, 0.2) is 6.61 Å². The number of halogens is 3. The molecule has 0 amide bonds. The Morgan fingerprint density at radius 2 is 1.90 bits per heavy atom. The minimum atomic E-state index is -4.45. The van der Waals surface area contributed by atoms with E-state index in [1.807, 2.05) is 18.2 Å². The molecule has 2 aliphatic rings. The third kappa shape index (κ3) is 5.79. The monoisotopic (exact) mass is 421 g/mol. The summed E-state index contributed by atoms with van der Waals surface area (Å²) in [5.41, 5.74) is 0.775. The second-order valence-corrected chi connectivity index (χ2v) is 8.27. The number of hydrogen-bond acceptors (Lipinski definition) is 6. The van der Waals surface area contributed by atoms with Crippen LogP contribution in [0.25, 0.3) is 0 Å². The van der Waals surface area contributed by atoms with Gasteiger partial charge in [-0.1, -0.05) is 25.3 Å². The molecule has 30 heavy (non-hydrogen) atoms. The van der Waals surface area contributed by atoms with Crippen LogP contribution in [0.1, 0.15) is 50.0 Å². The van der Waals surface area contributed by atoms with Crippen molar-refractivity contribution in [1.82, 2.24) is 19.9 Å². The molecule has 3 atom stereocenters. The summed E-state index contributed by atoms with van der Waals surface area (Å²) in [6, 6.07) is 5.22. The van der Waals surface area contributed by atoms with Crippen LogP contribution in [0.2, 0.25) is 0 Å². The number of rotatable bonds is 7. The molecule has 0 bridgehead atoms. The number of alkyl halides is 3. The lowest BCUT2D eigenvalue weighted by Gasteiger charge is -2.31. The maximum atomic E-state index is 12.6. The molecule has 4 rings (SSSR count). The van der Waals surface area contributed by atoms with Crippen LogP contribution >= 0.6 is 0 Å². The zero-order valence-corrected chi connectivity index (χ0v) is 16.7. The summed E-state index contributed by atoms with van der Waals surface area (Å²) in [5.74, 6) is 2.75. The largest absolute Gasteiger partial charge is 0.454 e. The van der Waals surface area contributed by atoms with Crippen LogP contribution in [-0.4, -0.2) is 32.7 Å². The van der Waals surface area contributed by atoms with E-state index in [4.69, 9.17) is 4.74 Å². The molecule has 6 nitrogen and oxygen atoms in total. The van der Waals surface area contributed by atoms with Crippen molar-refractivity contribution in [3.63, 3.8) is 0 Å². The summed E-state index contributed by atoms with van der Waals surface area (Å²) in [4.78, 5) is 16.9. The van der Waals surface area contributed by atoms with Gasteiger partial charge in [-0.05, 0) is 49.1 Å². The average molecular weight is 421 g/mol. The highest BCUT2D eigenvalue weighted by Crippen LogP contribution is 2.44. The van der Waals surface area contributed by atoms with Gasteiger partial charge in [-0.3, -0.25) is 4.98 Å². The van der Waals surface area contributed by atoms with E-state index in [1.165, 1.54) is 25.7 Å². The van der Waals surface area contributed by atoms with Crippen molar-refractivity contribution < 1.29 is 17.9 Å². The normalized spacial score (nSPS) is 23.8. The molecule has 0 radical (unpaired) electrons. The van der Waals surface area contributed by atoms with Crippen LogP contribution < -0.4 is 10.1 Å². The lowest BCUT2D eigenvalue weighted by molar-refractivity contribution is -0.154. The predicted molar refractivity (Wildman–Crippen MR) is 105 cm³/mol. The quantitative estimate of drug-likeness (QED) is 0.706. The molecular weight excluding hydrogens is 395 g/mol. The molecule has 0 aromatic carbocycles. The third-order valence-corrected chi connectivity index (χ3v) is 6.05. The Morgan fingerprint density at radius 3 is 2.70 bits per heavy atom. The van der Waals surface area contributed by atoms with E-state index in [9.17, 15) is 13.2 Å². The fourth-order valence-corrected chi connectivity index (χ4v) is 4.70. The SMILES string of the molecule is FC(F)(F)COc1nc(CC2CCC3CCCC3C2)nc(NCc2ccccn2)n1. The van der Waals surface area contributed by atoms with E-state index >= 15 is 0 Å². The fraction of sp³-hybridized carbons (Fsp3) is 0.619. The first kappa shape index (κ1) is 20.8. The first-order valence-corrected chi connectivity index (χ1v) is 10.5. The summed E-state index contributed by atoms with van der Waals surface area (Å²) in [6.45, 7) is -1.07. The summed E-state index contributed by atoms with van der Waals surface area (Å²) >= 11 is 0. The van der Waals surface area contributed by atoms with Gasteiger partial charge in [0.2, 0.25) is 5.95 Å². The smallest absolute Gasteiger partial charge is 0.422 e. The predicted octanol–water partition coefficient (Wildman–Crippen LogP) is 4.58. The van der Waals surface area contributed by atoms with Crippen molar-refractivity contribution in [2.24, 2.45) is 17.8 Å². The van der Waals surface area contributed by atoms with Crippen molar-refractivity contribution in [1.29, 1.82) is 0 Å². The molecule has 2 heterocycles. The fourth-order valence-electron chi connectivity index (χ4n) is 4.70. The number of nitrogens with one attached hydrogen (secondary N) is 1. The minimum Gasteiger partial charge on any atom is -0.454 e. The Morgan fingerprint density at radius 1 is 1.03 bits per heavy atom. The maximum Gasteiger partial charge on any atom is 0.422 e. The summed E-state index contributed by atoms with van der Waals surface area (Å²) < 4.78 is 42.6. The highest BCUT2D eigenvalue weighted by molar-refractivity contribution is 5.27. The van der Waals surface area contributed by atoms with E-state index < -0.39 is 12.8 Å². The van der Waals surface area contributed by atoms with Crippen molar-refractivity contribution in [3.05, 3.63) is 35.9 Å². The maximum absolute atomic E-state index is 12.6. The number of aromatic nitrogens is 4. The van der Waals surface area contributed by atoms with Crippen LogP contribution in [0.5, 0.6) is 6.01 Å². The van der Waals surface area contributed by atoms with E-state index in [1.54, 1.807) is 6.20 Å². The van der Waals surface area contributed by atoms with Gasteiger partial charge >= 0.3 is 12.2 Å². The molecule has 0 aliphatic heterocycles. The summed E-state index contributed by atoms with van der Waals surface area (Å²) in [7, 11) is 0. The molecule has 162 valence electrons. The third-order valence-electron chi connectivity index (χ3n) is 6.05. The molecular formula is C21H26F3N5O. The van der Waals surface area contributed by atoms with E-state index in [2.05, 4.69) is 25.3 Å². The van der Waals surface area contributed by atoms with Gasteiger partial charge in [-0.25, -0.2) is 0 Å². The highest BCUT2D eigenvalue weighted by Gasteiger charge is 2.34. The van der Waals surface area contributed by atoms with Gasteiger partial charge < -0.3 is 10.1 Å². The Labute approximate surface area is 173 Å². The van der Waals surface area contributed by atoms with Gasteiger partial charge in [0.1, 0.15) is 5.82 Å². The van der Waals surface area contributed by atoms with Crippen LogP contribution in [0.4, 0.5) is 19.1 Å². The molecule has 2 aromatic rings. The minimum absolute atomic E-state index is 0.206. The number of ether oxygens (including phenoxy) is 1. The number of anilines is 1. The number of nitrogens with zero attached hydrogens (tertiary/aromatic N) is 4. The summed E-state index contributed by atoms with van der Waals surface area (Å²) in [5, 5.41) is 3.03. The standard InChI is InChI=1S/C21H26F3N5O/c22-21(23,24)13-30-20-28-18(11-14-7-8-15-4-3-5-16(15)10-14)27-19(29-20)26-12-17-6-1-2-9-25-17/h1-2,6,9,14-16H,3-5,7-8,10-13H2,(H,26,27,28,29). The number of hydrogen-bond donors (Lipinski definition) is 1. The summed E-state index contributed by atoms with van der Waals surface area (Å²) in [6.07, 6.45) is 5.27. The van der Waals surface area contributed by atoms with Crippen LogP contribution in [0.15, 0.2) is 24.4 Å². The van der Waals surface area contributed by atoms with Crippen molar-refractivity contribution >= 4 is 5.95 Å². The van der Waals surface area contributed by atoms with Crippen molar-refractivity contribution in [2.75, 3.05) is 11.9 Å². The lowest BCUT2D eigenvalue weighted by atomic mass is 9.75. The molecule has 2 saturated carbocycles. The molecule has 0 saturated heterocycles. The molecule has 2 fully saturated rings. The second-order valence-electron chi connectivity index (χ2n) is 8.27. The van der Waals surface area contributed by atoms with Crippen molar-refractivity contribution in [2.45, 2.75) is 57.7 Å². The topological polar surface area (TPSA) is 72.8 Å². The zero-order valence-electron chi connectivity index (χ0n) is 16.7. The second kappa shape index (κ2) is 9.14. The Hall–Kier alpha value is -2.45. The molecule has 3 unspecified atom stereocenters. The Kier molecular flexibility index (Phi) is 6.34. The van der Waals surface area contributed by atoms with Gasteiger partial charge in [-0.15, -0.1) is 0 Å². The van der Waals surface area contributed by atoms with Gasteiger partial charge in [0.25, 0.3) is 0 Å². The van der Waals surface area contributed by atoms with Crippen LogP contribution in [-0.2, 0) is 13.0 Å². The first-order valence-electron chi connectivity index (χ1n) is 10.5. The van der Waals surface area contributed by atoms with Crippen LogP contribution in [0, 0.1) is 17.8 Å². The number of fused-ring (bicyclic) bond motifs is 1. The van der Waals surface area contributed by atoms with Gasteiger partial charge in [0.05, 0.1) is 12.2 Å². The van der Waals surface area contributed by atoms with Crippen molar-refractivity contribution in [3.8, 4) is 6.01 Å². The van der Waals surface area contributed by atoms with E-state index in [0.717, 1.165) is 30.4 Å². The highest BCUT2D eigenvalue weighted by atomic mass is 19.4. The average Bonchev–Trinajstić information content (AvgIpc) is 3.19. The molecule has 0 spiro atoms. The van der Waals surface area contributed by atoms with Gasteiger partial charge in [-0.2, -0.15) is 28.1 Å². The van der Waals surface area contributed by atoms with E-state index in [-0.39, 0.29) is 12.0 Å². The van der Waals surface area contributed by atoms with Gasteiger partial charge in [0, 0.05) is 12.6 Å². The Balaban J connectivity index is 1.46. The molecule has 2 aliphatic carbocycles. The molecule has 1 N–H and O–H groups in total. The Bertz CT molecular complexity index is 833. The van der Waals surface area contributed by atoms with E-state index in [0.29, 0.717) is 24.7 Å². The lowest BCUT2D eigenvalue weighted by Crippen LogP contribution is -2.24. The van der Waals surface area contributed by atoms with Crippen LogP contribution in [0.3, 0.4) is 0 Å². The first-order chi connectivity index (χ1) is 14.4. The molecule has 2 aromatic heterocycles. The molecule has 9 heteroatoms.